The first kappa shape index (κ1) is 10.2. The molecule has 1 aliphatic carbocycles. The van der Waals surface area contributed by atoms with E-state index in [1.807, 2.05) is 6.07 Å². The third-order valence-electron chi connectivity index (χ3n) is 2.24. The highest BCUT2D eigenvalue weighted by atomic mass is 32.2. The Balaban J connectivity index is 2.28. The molecular weight excluding hydrogens is 212 g/mol. The molecule has 1 fully saturated rings. The van der Waals surface area contributed by atoms with Crippen LogP contribution in [0.2, 0.25) is 0 Å². The first-order valence-electron chi connectivity index (χ1n) is 4.74. The molecule has 0 amide bonds. The van der Waals surface area contributed by atoms with E-state index in [0.29, 0.717) is 18.4 Å². The Bertz CT molecular complexity index is 475. The van der Waals surface area contributed by atoms with Crippen LogP contribution in [0.4, 0.5) is 0 Å². The van der Waals surface area contributed by atoms with E-state index in [2.05, 4.69) is 4.40 Å². The molecule has 1 aliphatic rings. The Labute approximate surface area is 88.9 Å². The Morgan fingerprint density at radius 3 is 2.40 bits per heavy atom. The van der Waals surface area contributed by atoms with E-state index in [4.69, 9.17) is 5.73 Å². The molecule has 1 aromatic rings. The predicted octanol–water partition coefficient (Wildman–Crippen LogP) is 0.884. The molecule has 1 saturated carbocycles. The summed E-state index contributed by atoms with van der Waals surface area (Å²) in [6.45, 7) is 0. The molecule has 0 bridgehead atoms. The fraction of sp³-hybridized carbons (Fsp3) is 0.300. The average Bonchev–Trinajstić information content (AvgIpc) is 3.01. The Hall–Kier alpha value is -1.36. The SMILES string of the molecule is NC(=NS(=O)(=O)C1CC1)c1ccccc1. The molecule has 80 valence electrons. The lowest BCUT2D eigenvalue weighted by molar-refractivity contribution is 0.596. The maximum absolute atomic E-state index is 11.5. The van der Waals surface area contributed by atoms with Gasteiger partial charge in [0.1, 0.15) is 5.84 Å². The van der Waals surface area contributed by atoms with E-state index in [1.165, 1.54) is 0 Å². The van der Waals surface area contributed by atoms with Crippen LogP contribution in [0.15, 0.2) is 34.7 Å². The van der Waals surface area contributed by atoms with Crippen molar-refractivity contribution in [1.29, 1.82) is 0 Å². The molecule has 0 atom stereocenters. The van der Waals surface area contributed by atoms with Crippen LogP contribution in [0.3, 0.4) is 0 Å². The van der Waals surface area contributed by atoms with E-state index >= 15 is 0 Å². The topological polar surface area (TPSA) is 72.5 Å². The van der Waals surface area contributed by atoms with Crippen molar-refractivity contribution in [1.82, 2.24) is 0 Å². The lowest BCUT2D eigenvalue weighted by Crippen LogP contribution is -2.17. The minimum absolute atomic E-state index is 0.0718. The monoisotopic (exact) mass is 224 g/mol. The fourth-order valence-corrected chi connectivity index (χ4v) is 2.50. The van der Waals surface area contributed by atoms with Crippen LogP contribution in [-0.2, 0) is 10.0 Å². The average molecular weight is 224 g/mol. The highest BCUT2D eigenvalue weighted by molar-refractivity contribution is 7.91. The van der Waals surface area contributed by atoms with Gasteiger partial charge in [-0.15, -0.1) is 4.40 Å². The number of sulfonamides is 1. The van der Waals surface area contributed by atoms with Gasteiger partial charge in [-0.05, 0) is 12.8 Å². The van der Waals surface area contributed by atoms with Gasteiger partial charge in [-0.1, -0.05) is 30.3 Å². The van der Waals surface area contributed by atoms with Crippen molar-refractivity contribution in [2.24, 2.45) is 10.1 Å². The number of hydrogen-bond acceptors (Lipinski definition) is 2. The van der Waals surface area contributed by atoms with Crippen LogP contribution in [0.1, 0.15) is 18.4 Å². The molecule has 15 heavy (non-hydrogen) atoms. The molecule has 0 saturated heterocycles. The molecule has 2 rings (SSSR count). The first-order chi connectivity index (χ1) is 7.09. The maximum atomic E-state index is 11.5. The Kier molecular flexibility index (Phi) is 2.48. The van der Waals surface area contributed by atoms with Gasteiger partial charge in [0.15, 0.2) is 0 Å². The second-order valence-electron chi connectivity index (χ2n) is 3.56. The number of nitrogens with two attached hydrogens (primary N) is 1. The molecule has 0 unspecified atom stereocenters. The fourth-order valence-electron chi connectivity index (χ4n) is 1.24. The van der Waals surface area contributed by atoms with Gasteiger partial charge in [-0.3, -0.25) is 0 Å². The molecule has 0 radical (unpaired) electrons. The summed E-state index contributed by atoms with van der Waals surface area (Å²) in [5, 5.41) is -0.306. The Morgan fingerprint density at radius 1 is 1.27 bits per heavy atom. The summed E-state index contributed by atoms with van der Waals surface area (Å²) in [5.74, 6) is 0.0718. The van der Waals surface area contributed by atoms with E-state index in [9.17, 15) is 8.42 Å². The minimum atomic E-state index is -3.37. The van der Waals surface area contributed by atoms with Crippen LogP contribution < -0.4 is 5.73 Å². The van der Waals surface area contributed by atoms with Crippen molar-refractivity contribution < 1.29 is 8.42 Å². The number of hydrogen-bond donors (Lipinski definition) is 1. The minimum Gasteiger partial charge on any atom is -0.383 e. The molecule has 0 aromatic heterocycles. The van der Waals surface area contributed by atoms with Crippen molar-refractivity contribution in [3.05, 3.63) is 35.9 Å². The van der Waals surface area contributed by atoms with Crippen molar-refractivity contribution in [3.8, 4) is 0 Å². The highest BCUT2D eigenvalue weighted by Gasteiger charge is 2.35. The summed E-state index contributed by atoms with van der Waals surface area (Å²) in [7, 11) is -3.37. The van der Waals surface area contributed by atoms with Crippen molar-refractivity contribution >= 4 is 15.9 Å². The Morgan fingerprint density at radius 2 is 1.87 bits per heavy atom. The number of amidine groups is 1. The predicted molar refractivity (Wildman–Crippen MR) is 59.1 cm³/mol. The van der Waals surface area contributed by atoms with Gasteiger partial charge in [0.05, 0.1) is 5.25 Å². The van der Waals surface area contributed by atoms with Crippen molar-refractivity contribution in [2.75, 3.05) is 0 Å². The van der Waals surface area contributed by atoms with Gasteiger partial charge in [0.25, 0.3) is 10.0 Å². The summed E-state index contributed by atoms with van der Waals surface area (Å²) >= 11 is 0. The smallest absolute Gasteiger partial charge is 0.257 e. The van der Waals surface area contributed by atoms with Gasteiger partial charge in [0, 0.05) is 5.56 Å². The first-order valence-corrected chi connectivity index (χ1v) is 6.24. The zero-order chi connectivity index (χ0) is 10.9. The van der Waals surface area contributed by atoms with Gasteiger partial charge >= 0.3 is 0 Å². The summed E-state index contributed by atoms with van der Waals surface area (Å²) in [5.41, 5.74) is 6.26. The lowest BCUT2D eigenvalue weighted by Gasteiger charge is -2.00. The van der Waals surface area contributed by atoms with E-state index < -0.39 is 10.0 Å². The number of nitrogens with zero attached hydrogens (tertiary/aromatic N) is 1. The molecule has 5 heteroatoms. The molecule has 0 spiro atoms. The number of benzene rings is 1. The molecule has 1 aromatic carbocycles. The summed E-state index contributed by atoms with van der Waals surface area (Å²) in [6.07, 6.45) is 1.40. The van der Waals surface area contributed by atoms with E-state index in [1.54, 1.807) is 24.3 Å². The van der Waals surface area contributed by atoms with Crippen LogP contribution >= 0.6 is 0 Å². The van der Waals surface area contributed by atoms with Crippen molar-refractivity contribution in [2.45, 2.75) is 18.1 Å². The van der Waals surface area contributed by atoms with Crippen molar-refractivity contribution in [3.63, 3.8) is 0 Å². The molecule has 2 N–H and O–H groups in total. The van der Waals surface area contributed by atoms with Gasteiger partial charge in [-0.25, -0.2) is 8.42 Å². The molecular formula is C10H12N2O2S. The summed E-state index contributed by atoms with van der Waals surface area (Å²) in [6, 6.07) is 8.90. The largest absolute Gasteiger partial charge is 0.383 e. The molecule has 4 nitrogen and oxygen atoms in total. The second kappa shape index (κ2) is 3.66. The van der Waals surface area contributed by atoms with Gasteiger partial charge in [-0.2, -0.15) is 0 Å². The maximum Gasteiger partial charge on any atom is 0.257 e. The van der Waals surface area contributed by atoms with Crippen LogP contribution in [0.5, 0.6) is 0 Å². The third kappa shape index (κ3) is 2.36. The van der Waals surface area contributed by atoms with Gasteiger partial charge < -0.3 is 5.73 Å². The van der Waals surface area contributed by atoms with Crippen LogP contribution in [0, 0.1) is 0 Å². The molecule has 0 aliphatic heterocycles. The van der Waals surface area contributed by atoms with E-state index in [-0.39, 0.29) is 11.1 Å². The van der Waals surface area contributed by atoms with Crippen LogP contribution in [0.25, 0.3) is 0 Å². The normalized spacial score (nSPS) is 17.7. The standard InChI is InChI=1S/C10H12N2O2S/c11-10(8-4-2-1-3-5-8)12-15(13,14)9-6-7-9/h1-5,9H,6-7H2,(H2,11,12). The third-order valence-corrected chi connectivity index (χ3v) is 4.01. The quantitative estimate of drug-likeness (QED) is 0.612. The highest BCUT2D eigenvalue weighted by Crippen LogP contribution is 2.29. The summed E-state index contributed by atoms with van der Waals surface area (Å²) in [4.78, 5) is 0. The van der Waals surface area contributed by atoms with Crippen LogP contribution in [-0.4, -0.2) is 19.5 Å². The molecule has 0 heterocycles. The second-order valence-corrected chi connectivity index (χ2v) is 5.44. The number of rotatable bonds is 3. The van der Waals surface area contributed by atoms with Gasteiger partial charge in [0.2, 0.25) is 0 Å². The lowest BCUT2D eigenvalue weighted by atomic mass is 10.2. The summed E-state index contributed by atoms with van der Waals surface area (Å²) < 4.78 is 26.6. The zero-order valence-electron chi connectivity index (χ0n) is 8.13. The zero-order valence-corrected chi connectivity index (χ0v) is 8.94. The van der Waals surface area contributed by atoms with E-state index in [0.717, 1.165) is 0 Å².